The Morgan fingerprint density at radius 3 is 2.89 bits per heavy atom. The molecule has 0 aliphatic heterocycles. The first-order chi connectivity index (χ1) is 9.38. The fourth-order valence-corrected chi connectivity index (χ4v) is 1.80. The summed E-state index contributed by atoms with van der Waals surface area (Å²) < 4.78 is 11.3. The smallest absolute Gasteiger partial charge is 0.120 e. The van der Waals surface area contributed by atoms with Gasteiger partial charge in [-0.05, 0) is 37.5 Å². The minimum absolute atomic E-state index is 0.0989. The third kappa shape index (κ3) is 4.94. The van der Waals surface area contributed by atoms with Crippen molar-refractivity contribution in [2.75, 3.05) is 19.8 Å². The van der Waals surface area contributed by atoms with Gasteiger partial charge < -0.3 is 14.6 Å². The Kier molecular flexibility index (Phi) is 5.74. The van der Waals surface area contributed by atoms with E-state index in [4.69, 9.17) is 14.6 Å². The van der Waals surface area contributed by atoms with Gasteiger partial charge in [0.15, 0.2) is 0 Å². The average Bonchev–Trinajstić information content (AvgIpc) is 2.37. The van der Waals surface area contributed by atoms with Gasteiger partial charge in [-0.2, -0.15) is 0 Å². The molecule has 1 aliphatic carbocycles. The van der Waals surface area contributed by atoms with Gasteiger partial charge in [0.25, 0.3) is 0 Å². The predicted octanol–water partition coefficient (Wildman–Crippen LogP) is 2.37. The molecule has 1 aliphatic rings. The van der Waals surface area contributed by atoms with Gasteiger partial charge in [-0.25, -0.2) is 0 Å². The molecule has 0 heterocycles. The zero-order valence-electron chi connectivity index (χ0n) is 11.1. The van der Waals surface area contributed by atoms with Gasteiger partial charge >= 0.3 is 0 Å². The number of hydrogen-bond donors (Lipinski definition) is 1. The first-order valence-corrected chi connectivity index (χ1v) is 6.82. The van der Waals surface area contributed by atoms with E-state index in [0.29, 0.717) is 25.7 Å². The highest BCUT2D eigenvalue weighted by atomic mass is 16.5. The van der Waals surface area contributed by atoms with E-state index in [9.17, 15) is 0 Å². The summed E-state index contributed by atoms with van der Waals surface area (Å²) in [6.07, 6.45) is 4.63. The SMILES string of the molecule is OCCC#Cc1cccc(OCCOC2CCC2)c1. The van der Waals surface area contributed by atoms with Gasteiger partial charge in [0, 0.05) is 12.0 Å². The molecule has 0 aromatic heterocycles. The summed E-state index contributed by atoms with van der Waals surface area (Å²) in [5.74, 6) is 6.70. The zero-order valence-corrected chi connectivity index (χ0v) is 11.1. The maximum absolute atomic E-state index is 8.67. The number of aliphatic hydroxyl groups excluding tert-OH is 1. The van der Waals surface area contributed by atoms with Gasteiger partial charge in [0.2, 0.25) is 0 Å². The van der Waals surface area contributed by atoms with Crippen molar-refractivity contribution in [3.05, 3.63) is 29.8 Å². The van der Waals surface area contributed by atoms with Crippen molar-refractivity contribution in [3.63, 3.8) is 0 Å². The second-order valence-electron chi connectivity index (χ2n) is 4.58. The first kappa shape index (κ1) is 13.9. The van der Waals surface area contributed by atoms with E-state index in [1.165, 1.54) is 19.3 Å². The largest absolute Gasteiger partial charge is 0.491 e. The first-order valence-electron chi connectivity index (χ1n) is 6.82. The molecule has 3 nitrogen and oxygen atoms in total. The molecule has 0 unspecified atom stereocenters. The Balaban J connectivity index is 1.73. The summed E-state index contributed by atoms with van der Waals surface area (Å²) >= 11 is 0. The second-order valence-corrected chi connectivity index (χ2v) is 4.58. The topological polar surface area (TPSA) is 38.7 Å². The lowest BCUT2D eigenvalue weighted by Gasteiger charge is -2.25. The average molecular weight is 260 g/mol. The third-order valence-electron chi connectivity index (χ3n) is 3.06. The molecular weight excluding hydrogens is 240 g/mol. The quantitative estimate of drug-likeness (QED) is 0.630. The van der Waals surface area contributed by atoms with E-state index in [2.05, 4.69) is 11.8 Å². The van der Waals surface area contributed by atoms with Crippen molar-refractivity contribution in [2.45, 2.75) is 31.8 Å². The van der Waals surface area contributed by atoms with Crippen LogP contribution in [-0.2, 0) is 4.74 Å². The zero-order chi connectivity index (χ0) is 13.3. The lowest BCUT2D eigenvalue weighted by molar-refractivity contribution is -0.0103. The van der Waals surface area contributed by atoms with Crippen LogP contribution in [0, 0.1) is 11.8 Å². The normalized spacial score (nSPS) is 14.4. The van der Waals surface area contributed by atoms with Crippen LogP contribution in [0.4, 0.5) is 0 Å². The molecule has 0 spiro atoms. The van der Waals surface area contributed by atoms with Crippen molar-refractivity contribution < 1.29 is 14.6 Å². The van der Waals surface area contributed by atoms with Gasteiger partial charge in [-0.1, -0.05) is 17.9 Å². The van der Waals surface area contributed by atoms with Gasteiger partial charge in [0.1, 0.15) is 12.4 Å². The predicted molar refractivity (Wildman–Crippen MR) is 74.1 cm³/mol. The van der Waals surface area contributed by atoms with Crippen LogP contribution in [0.3, 0.4) is 0 Å². The summed E-state index contributed by atoms with van der Waals surface area (Å²) in [4.78, 5) is 0. The third-order valence-corrected chi connectivity index (χ3v) is 3.06. The van der Waals surface area contributed by atoms with Crippen molar-refractivity contribution in [3.8, 4) is 17.6 Å². The van der Waals surface area contributed by atoms with Gasteiger partial charge in [-0.15, -0.1) is 0 Å². The van der Waals surface area contributed by atoms with Crippen LogP contribution in [0.5, 0.6) is 5.75 Å². The summed E-state index contributed by atoms with van der Waals surface area (Å²) in [6, 6.07) is 7.68. The molecule has 0 saturated heterocycles. The molecule has 1 aromatic carbocycles. The number of rotatable bonds is 6. The van der Waals surface area contributed by atoms with Gasteiger partial charge in [-0.3, -0.25) is 0 Å². The van der Waals surface area contributed by atoms with Crippen LogP contribution >= 0.6 is 0 Å². The molecule has 2 rings (SSSR count). The maximum atomic E-state index is 8.67. The van der Waals surface area contributed by atoms with Crippen LogP contribution in [0.25, 0.3) is 0 Å². The summed E-state index contributed by atoms with van der Waals surface area (Å²) in [7, 11) is 0. The highest BCUT2D eigenvalue weighted by Crippen LogP contribution is 2.21. The summed E-state index contributed by atoms with van der Waals surface area (Å²) in [6.45, 7) is 1.32. The molecule has 1 aromatic rings. The Bertz CT molecular complexity index is 441. The fraction of sp³-hybridized carbons (Fsp3) is 0.500. The number of aliphatic hydroxyl groups is 1. The highest BCUT2D eigenvalue weighted by molar-refractivity contribution is 5.39. The van der Waals surface area contributed by atoms with Gasteiger partial charge in [0.05, 0.1) is 19.3 Å². The Morgan fingerprint density at radius 1 is 1.26 bits per heavy atom. The maximum Gasteiger partial charge on any atom is 0.120 e. The molecule has 0 amide bonds. The molecule has 0 atom stereocenters. The molecular formula is C16H20O3. The molecule has 0 bridgehead atoms. The van der Waals surface area contributed by atoms with E-state index in [-0.39, 0.29) is 6.61 Å². The minimum Gasteiger partial charge on any atom is -0.491 e. The summed E-state index contributed by atoms with van der Waals surface area (Å²) in [5, 5.41) is 8.67. The van der Waals surface area contributed by atoms with E-state index in [0.717, 1.165) is 11.3 Å². The lowest BCUT2D eigenvalue weighted by Crippen LogP contribution is -2.23. The lowest BCUT2D eigenvalue weighted by atomic mass is 9.96. The Hall–Kier alpha value is -1.50. The number of benzene rings is 1. The summed E-state index contributed by atoms with van der Waals surface area (Å²) in [5.41, 5.74) is 0.908. The highest BCUT2D eigenvalue weighted by Gasteiger charge is 2.17. The van der Waals surface area contributed by atoms with E-state index < -0.39 is 0 Å². The molecule has 19 heavy (non-hydrogen) atoms. The van der Waals surface area contributed by atoms with Crippen molar-refractivity contribution in [1.29, 1.82) is 0 Å². The Labute approximate surface area is 114 Å². The van der Waals surface area contributed by atoms with Crippen molar-refractivity contribution in [1.82, 2.24) is 0 Å². The minimum atomic E-state index is 0.0989. The molecule has 1 saturated carbocycles. The van der Waals surface area contributed by atoms with Crippen LogP contribution < -0.4 is 4.74 Å². The molecule has 3 heteroatoms. The second kappa shape index (κ2) is 7.83. The molecule has 1 fully saturated rings. The van der Waals surface area contributed by atoms with E-state index in [1.54, 1.807) is 0 Å². The van der Waals surface area contributed by atoms with Crippen LogP contribution in [0.2, 0.25) is 0 Å². The number of ether oxygens (including phenoxy) is 2. The monoisotopic (exact) mass is 260 g/mol. The van der Waals surface area contributed by atoms with E-state index >= 15 is 0 Å². The van der Waals surface area contributed by atoms with E-state index in [1.807, 2.05) is 24.3 Å². The standard InChI is InChI=1S/C16H20O3/c17-10-2-1-5-14-6-3-9-16(13-14)19-12-11-18-15-7-4-8-15/h3,6,9,13,15,17H,2,4,7-8,10-12H2. The molecule has 102 valence electrons. The van der Waals surface area contributed by atoms with Crippen LogP contribution in [0.15, 0.2) is 24.3 Å². The van der Waals surface area contributed by atoms with Crippen LogP contribution in [-0.4, -0.2) is 31.0 Å². The van der Waals surface area contributed by atoms with Crippen molar-refractivity contribution >= 4 is 0 Å². The van der Waals surface area contributed by atoms with Crippen molar-refractivity contribution in [2.24, 2.45) is 0 Å². The fourth-order valence-electron chi connectivity index (χ4n) is 1.80. The molecule has 1 N–H and O–H groups in total. The van der Waals surface area contributed by atoms with Crippen LogP contribution in [0.1, 0.15) is 31.2 Å². The molecule has 0 radical (unpaired) electrons. The number of hydrogen-bond acceptors (Lipinski definition) is 3. The Morgan fingerprint density at radius 2 is 2.16 bits per heavy atom.